The fourth-order valence-electron chi connectivity index (χ4n) is 1.68. The zero-order chi connectivity index (χ0) is 10.6. The molecule has 1 heterocycles. The van der Waals surface area contributed by atoms with Crippen LogP contribution in [0.5, 0.6) is 0 Å². The maximum absolute atomic E-state index is 12.0. The van der Waals surface area contributed by atoms with Gasteiger partial charge in [-0.1, -0.05) is 0 Å². The van der Waals surface area contributed by atoms with Crippen molar-refractivity contribution in [1.29, 1.82) is 0 Å². The Balaban J connectivity index is 2.38. The summed E-state index contributed by atoms with van der Waals surface area (Å²) in [6.45, 7) is 1.15. The number of carbonyl (C=O) groups is 1. The lowest BCUT2D eigenvalue weighted by Gasteiger charge is -2.26. The third-order valence-electron chi connectivity index (χ3n) is 2.48. The van der Waals surface area contributed by atoms with Crippen LogP contribution in [0.25, 0.3) is 0 Å². The van der Waals surface area contributed by atoms with Crippen molar-refractivity contribution in [1.82, 2.24) is 10.2 Å². The highest BCUT2D eigenvalue weighted by molar-refractivity contribution is 5.78. The molecule has 0 atom stereocenters. The molecule has 1 rings (SSSR count). The molecule has 82 valence electrons. The molecule has 1 aliphatic heterocycles. The smallest absolute Gasteiger partial charge is 0.255 e. The van der Waals surface area contributed by atoms with Gasteiger partial charge < -0.3 is 10.2 Å². The Morgan fingerprint density at radius 2 is 2.07 bits per heavy atom. The van der Waals surface area contributed by atoms with Crippen molar-refractivity contribution in [2.75, 3.05) is 26.7 Å². The average molecular weight is 206 g/mol. The highest BCUT2D eigenvalue weighted by Crippen LogP contribution is 2.14. The van der Waals surface area contributed by atoms with Gasteiger partial charge >= 0.3 is 0 Å². The second-order valence-electron chi connectivity index (χ2n) is 3.63. The minimum Gasteiger partial charge on any atom is -0.340 e. The summed E-state index contributed by atoms with van der Waals surface area (Å²) in [5.74, 6) is -0.216. The Bertz CT molecular complexity index is 193. The first-order valence-electron chi connectivity index (χ1n) is 4.85. The Morgan fingerprint density at radius 3 is 2.57 bits per heavy atom. The van der Waals surface area contributed by atoms with Gasteiger partial charge in [0.25, 0.3) is 6.43 Å². The van der Waals surface area contributed by atoms with Crippen LogP contribution in [0.15, 0.2) is 0 Å². The molecule has 0 aromatic carbocycles. The summed E-state index contributed by atoms with van der Waals surface area (Å²) in [5.41, 5.74) is 0. The predicted molar refractivity (Wildman–Crippen MR) is 49.2 cm³/mol. The molecule has 1 N–H and O–H groups in total. The molecule has 0 saturated carbocycles. The largest absolute Gasteiger partial charge is 0.340 e. The molecule has 0 bridgehead atoms. The van der Waals surface area contributed by atoms with E-state index in [4.69, 9.17) is 0 Å². The predicted octanol–water partition coefficient (Wildman–Crippen LogP) is 0.709. The van der Waals surface area contributed by atoms with Crippen LogP contribution in [0.4, 0.5) is 8.78 Å². The number of nitrogens with zero attached hydrogens (tertiary/aromatic N) is 1. The van der Waals surface area contributed by atoms with Crippen LogP contribution in [0.2, 0.25) is 0 Å². The standard InChI is InChI=1S/C9H16F2N2O/c1-13(6-8(10)11)9(14)7-2-4-12-5-3-7/h7-8,12H,2-6H2,1H3. The van der Waals surface area contributed by atoms with Gasteiger partial charge in [0, 0.05) is 13.0 Å². The van der Waals surface area contributed by atoms with E-state index in [1.54, 1.807) is 0 Å². The highest BCUT2D eigenvalue weighted by Gasteiger charge is 2.24. The van der Waals surface area contributed by atoms with Gasteiger partial charge in [-0.15, -0.1) is 0 Å². The molecule has 1 amide bonds. The number of nitrogens with one attached hydrogen (secondary N) is 1. The fraction of sp³-hybridized carbons (Fsp3) is 0.889. The van der Waals surface area contributed by atoms with Gasteiger partial charge in [0.05, 0.1) is 6.54 Å². The van der Waals surface area contributed by atoms with Crippen LogP contribution >= 0.6 is 0 Å². The molecule has 0 radical (unpaired) electrons. The van der Waals surface area contributed by atoms with Crippen molar-refractivity contribution < 1.29 is 13.6 Å². The van der Waals surface area contributed by atoms with E-state index in [2.05, 4.69) is 5.32 Å². The molecule has 0 aromatic heterocycles. The summed E-state index contributed by atoms with van der Waals surface area (Å²) < 4.78 is 24.0. The molecule has 1 saturated heterocycles. The number of hydrogen-bond donors (Lipinski definition) is 1. The molecular weight excluding hydrogens is 190 g/mol. The van der Waals surface area contributed by atoms with E-state index in [1.165, 1.54) is 7.05 Å². The van der Waals surface area contributed by atoms with Crippen LogP contribution in [-0.4, -0.2) is 43.9 Å². The van der Waals surface area contributed by atoms with Gasteiger partial charge in [-0.25, -0.2) is 8.78 Å². The second kappa shape index (κ2) is 5.24. The molecule has 1 aliphatic rings. The number of piperidine rings is 1. The van der Waals surface area contributed by atoms with Crippen molar-refractivity contribution >= 4 is 5.91 Å². The maximum Gasteiger partial charge on any atom is 0.255 e. The van der Waals surface area contributed by atoms with E-state index >= 15 is 0 Å². The van der Waals surface area contributed by atoms with Gasteiger partial charge in [-0.3, -0.25) is 4.79 Å². The molecule has 0 unspecified atom stereocenters. The lowest BCUT2D eigenvalue weighted by atomic mass is 9.97. The first kappa shape index (κ1) is 11.4. The topological polar surface area (TPSA) is 32.3 Å². The molecule has 3 nitrogen and oxygen atoms in total. The molecule has 5 heteroatoms. The fourth-order valence-corrected chi connectivity index (χ4v) is 1.68. The summed E-state index contributed by atoms with van der Waals surface area (Å²) in [4.78, 5) is 12.7. The summed E-state index contributed by atoms with van der Waals surface area (Å²) in [7, 11) is 1.44. The normalized spacial score (nSPS) is 18.6. The number of amides is 1. The third kappa shape index (κ3) is 3.21. The zero-order valence-corrected chi connectivity index (χ0v) is 8.30. The van der Waals surface area contributed by atoms with Crippen molar-refractivity contribution in [3.05, 3.63) is 0 Å². The number of carbonyl (C=O) groups excluding carboxylic acids is 1. The van der Waals surface area contributed by atoms with Gasteiger partial charge in [-0.05, 0) is 25.9 Å². The number of alkyl halides is 2. The number of hydrogen-bond acceptors (Lipinski definition) is 2. The van der Waals surface area contributed by atoms with E-state index < -0.39 is 13.0 Å². The minimum absolute atomic E-state index is 0.0694. The SMILES string of the molecule is CN(CC(F)F)C(=O)C1CCNCC1. The zero-order valence-electron chi connectivity index (χ0n) is 8.30. The van der Waals surface area contributed by atoms with E-state index in [9.17, 15) is 13.6 Å². The molecule has 0 aliphatic carbocycles. The summed E-state index contributed by atoms with van der Waals surface area (Å²) in [6, 6.07) is 0. The second-order valence-corrected chi connectivity index (χ2v) is 3.63. The molecule has 1 fully saturated rings. The molecule has 14 heavy (non-hydrogen) atoms. The molecular formula is C9H16F2N2O. The molecule has 0 aromatic rings. The lowest BCUT2D eigenvalue weighted by Crippen LogP contribution is -2.40. The third-order valence-corrected chi connectivity index (χ3v) is 2.48. The van der Waals surface area contributed by atoms with Crippen LogP contribution in [-0.2, 0) is 4.79 Å². The van der Waals surface area contributed by atoms with Crippen LogP contribution < -0.4 is 5.32 Å². The van der Waals surface area contributed by atoms with Gasteiger partial charge in [0.2, 0.25) is 5.91 Å². The maximum atomic E-state index is 12.0. The summed E-state index contributed by atoms with van der Waals surface area (Å²) in [5, 5.41) is 3.13. The van der Waals surface area contributed by atoms with E-state index in [0.29, 0.717) is 0 Å². The first-order chi connectivity index (χ1) is 6.61. The summed E-state index contributed by atoms with van der Waals surface area (Å²) in [6.07, 6.45) is -0.926. The van der Waals surface area contributed by atoms with Crippen molar-refractivity contribution in [3.63, 3.8) is 0 Å². The number of halogens is 2. The minimum atomic E-state index is -2.44. The Kier molecular flexibility index (Phi) is 4.25. The van der Waals surface area contributed by atoms with Crippen LogP contribution in [0.1, 0.15) is 12.8 Å². The van der Waals surface area contributed by atoms with Crippen molar-refractivity contribution in [3.8, 4) is 0 Å². The molecule has 0 spiro atoms. The van der Waals surface area contributed by atoms with Gasteiger partial charge in [0.15, 0.2) is 0 Å². The van der Waals surface area contributed by atoms with E-state index in [1.807, 2.05) is 0 Å². The first-order valence-corrected chi connectivity index (χ1v) is 4.85. The van der Waals surface area contributed by atoms with Crippen LogP contribution in [0, 0.1) is 5.92 Å². The van der Waals surface area contributed by atoms with Gasteiger partial charge in [-0.2, -0.15) is 0 Å². The highest BCUT2D eigenvalue weighted by atomic mass is 19.3. The van der Waals surface area contributed by atoms with Crippen molar-refractivity contribution in [2.45, 2.75) is 19.3 Å². The monoisotopic (exact) mass is 206 g/mol. The van der Waals surface area contributed by atoms with E-state index in [-0.39, 0.29) is 11.8 Å². The quantitative estimate of drug-likeness (QED) is 0.737. The Hall–Kier alpha value is -0.710. The average Bonchev–Trinajstić information content (AvgIpc) is 2.17. The van der Waals surface area contributed by atoms with E-state index in [0.717, 1.165) is 30.8 Å². The van der Waals surface area contributed by atoms with Crippen LogP contribution in [0.3, 0.4) is 0 Å². The summed E-state index contributed by atoms with van der Waals surface area (Å²) >= 11 is 0. The Labute approximate surface area is 82.5 Å². The van der Waals surface area contributed by atoms with Crippen molar-refractivity contribution in [2.24, 2.45) is 5.92 Å². The number of rotatable bonds is 3. The van der Waals surface area contributed by atoms with Gasteiger partial charge in [0.1, 0.15) is 0 Å². The Morgan fingerprint density at radius 1 is 1.50 bits per heavy atom. The lowest BCUT2D eigenvalue weighted by molar-refractivity contribution is -0.136.